The van der Waals surface area contributed by atoms with Gasteiger partial charge in [-0.1, -0.05) is 30.3 Å². The molecule has 4 nitrogen and oxygen atoms in total. The average Bonchev–Trinajstić information content (AvgIpc) is 3.50. The lowest BCUT2D eigenvalue weighted by molar-refractivity contribution is -0.383. The van der Waals surface area contributed by atoms with Gasteiger partial charge in [-0.05, 0) is 43.0 Å². The number of sulfonamides is 1. The average molecular weight is 467 g/mol. The molecule has 170 valence electrons. The molecule has 1 aliphatic rings. The van der Waals surface area contributed by atoms with Gasteiger partial charge >= 0.3 is 12.4 Å². The molecule has 0 bridgehead atoms. The van der Waals surface area contributed by atoms with Crippen molar-refractivity contribution in [2.45, 2.75) is 35.7 Å². The van der Waals surface area contributed by atoms with E-state index in [1.807, 2.05) is 0 Å². The first-order valence-corrected chi connectivity index (χ1v) is 10.7. The van der Waals surface area contributed by atoms with Crippen LogP contribution in [-0.2, 0) is 20.4 Å². The van der Waals surface area contributed by atoms with Crippen molar-refractivity contribution in [2.24, 2.45) is 5.92 Å². The highest BCUT2D eigenvalue weighted by molar-refractivity contribution is 7.92. The maximum Gasteiger partial charge on any atom is 0.430 e. The van der Waals surface area contributed by atoms with Gasteiger partial charge in [0.05, 0.1) is 10.6 Å². The van der Waals surface area contributed by atoms with Gasteiger partial charge in [0, 0.05) is 19.2 Å². The second-order valence-corrected chi connectivity index (χ2v) is 9.08. The Labute approximate surface area is 175 Å². The lowest BCUT2D eigenvalue weighted by atomic mass is 9.91. The van der Waals surface area contributed by atoms with Crippen molar-refractivity contribution in [3.8, 4) is 0 Å². The predicted octanol–water partition coefficient (Wildman–Crippen LogP) is 5.26. The summed E-state index contributed by atoms with van der Waals surface area (Å²) in [5, 5.41) is 0. The van der Waals surface area contributed by atoms with E-state index in [4.69, 9.17) is 0 Å². The summed E-state index contributed by atoms with van der Waals surface area (Å²) in [5.74, 6) is 0.0709. The minimum atomic E-state index is -5.79. The van der Waals surface area contributed by atoms with E-state index in [0.717, 1.165) is 29.3 Å². The third kappa shape index (κ3) is 4.25. The largest absolute Gasteiger partial charge is 0.430 e. The van der Waals surface area contributed by atoms with Gasteiger partial charge in [-0.15, -0.1) is 0 Å². The normalized spacial score (nSPS) is 15.7. The van der Waals surface area contributed by atoms with Gasteiger partial charge in [-0.25, -0.2) is 8.42 Å². The van der Waals surface area contributed by atoms with Gasteiger partial charge < -0.3 is 4.74 Å². The van der Waals surface area contributed by atoms with Crippen LogP contribution in [0.4, 0.5) is 32.0 Å². The summed E-state index contributed by atoms with van der Waals surface area (Å²) < 4.78 is 112. The van der Waals surface area contributed by atoms with Crippen molar-refractivity contribution >= 4 is 15.7 Å². The zero-order valence-electron chi connectivity index (χ0n) is 16.2. The third-order valence-electron chi connectivity index (χ3n) is 5.12. The number of rotatable bonds is 7. The van der Waals surface area contributed by atoms with Gasteiger partial charge in [-0.3, -0.25) is 4.31 Å². The highest BCUT2D eigenvalue weighted by Gasteiger charge is 2.73. The van der Waals surface area contributed by atoms with Gasteiger partial charge in [0.2, 0.25) is 0 Å². The molecule has 11 heteroatoms. The van der Waals surface area contributed by atoms with E-state index in [-0.39, 0.29) is 23.0 Å². The van der Waals surface area contributed by atoms with E-state index in [0.29, 0.717) is 19.2 Å². The molecule has 0 unspecified atom stereocenters. The lowest BCUT2D eigenvalue weighted by Gasteiger charge is -2.36. The van der Waals surface area contributed by atoms with E-state index in [9.17, 15) is 34.8 Å². The fourth-order valence-corrected chi connectivity index (χ4v) is 4.86. The highest BCUT2D eigenvalue weighted by atomic mass is 32.2. The Hall–Kier alpha value is -2.27. The molecular weight excluding hydrogens is 448 g/mol. The summed E-state index contributed by atoms with van der Waals surface area (Å²) in [4.78, 5) is -0.0310. The zero-order chi connectivity index (χ0) is 23.1. The Bertz CT molecular complexity index is 986. The number of hydrogen-bond donors (Lipinski definition) is 0. The van der Waals surface area contributed by atoms with Gasteiger partial charge in [0.15, 0.2) is 0 Å². The summed E-state index contributed by atoms with van der Waals surface area (Å²) >= 11 is 0. The van der Waals surface area contributed by atoms with Crippen molar-refractivity contribution < 1.29 is 39.5 Å². The Morgan fingerprint density at radius 2 is 1.42 bits per heavy atom. The molecule has 0 atom stereocenters. The van der Waals surface area contributed by atoms with Crippen molar-refractivity contribution in [3.05, 3.63) is 60.2 Å². The monoisotopic (exact) mass is 467 g/mol. The molecule has 0 heterocycles. The van der Waals surface area contributed by atoms with Crippen LogP contribution in [0.5, 0.6) is 0 Å². The van der Waals surface area contributed by atoms with Crippen LogP contribution in [0.1, 0.15) is 18.4 Å². The molecule has 0 amide bonds. The molecule has 3 rings (SSSR count). The van der Waals surface area contributed by atoms with Gasteiger partial charge in [-0.2, -0.15) is 26.3 Å². The third-order valence-corrected chi connectivity index (χ3v) is 6.93. The number of benzene rings is 2. The SMILES string of the molecule is COC(c1ccc(N(CC2CC2)S(=O)(=O)c2ccccc2)cc1)(C(F)(F)F)C(F)(F)F. The van der Waals surface area contributed by atoms with Crippen LogP contribution in [0, 0.1) is 5.92 Å². The van der Waals surface area contributed by atoms with Crippen LogP contribution in [0.15, 0.2) is 59.5 Å². The molecule has 2 aromatic carbocycles. The number of alkyl halides is 6. The molecule has 0 aliphatic heterocycles. The van der Waals surface area contributed by atoms with Crippen LogP contribution < -0.4 is 4.31 Å². The first kappa shape index (κ1) is 23.4. The Morgan fingerprint density at radius 3 is 1.84 bits per heavy atom. The number of halogens is 6. The molecule has 1 saturated carbocycles. The van der Waals surface area contributed by atoms with Crippen LogP contribution in [0.25, 0.3) is 0 Å². The molecule has 0 spiro atoms. The van der Waals surface area contributed by atoms with Gasteiger partial charge in [0.1, 0.15) is 0 Å². The number of methoxy groups -OCH3 is 1. The van der Waals surface area contributed by atoms with E-state index >= 15 is 0 Å². The maximum absolute atomic E-state index is 13.5. The van der Waals surface area contributed by atoms with Crippen LogP contribution in [-0.4, -0.2) is 34.4 Å². The minimum Gasteiger partial charge on any atom is -0.357 e. The van der Waals surface area contributed by atoms with Crippen LogP contribution in [0.2, 0.25) is 0 Å². The number of nitrogens with zero attached hydrogens (tertiary/aromatic N) is 1. The smallest absolute Gasteiger partial charge is 0.357 e. The summed E-state index contributed by atoms with van der Waals surface area (Å²) in [5.41, 5.74) is -5.76. The molecule has 1 aliphatic carbocycles. The fourth-order valence-electron chi connectivity index (χ4n) is 3.30. The summed E-state index contributed by atoms with van der Waals surface area (Å²) in [7, 11) is -3.73. The molecule has 2 aromatic rings. The van der Waals surface area contributed by atoms with Crippen molar-refractivity contribution in [1.29, 1.82) is 0 Å². The van der Waals surface area contributed by atoms with Crippen molar-refractivity contribution in [2.75, 3.05) is 18.0 Å². The number of ether oxygens (including phenoxy) is 1. The Kier molecular flexibility index (Phi) is 6.05. The van der Waals surface area contributed by atoms with Gasteiger partial charge in [0.25, 0.3) is 15.6 Å². The zero-order valence-corrected chi connectivity index (χ0v) is 17.1. The summed E-state index contributed by atoms with van der Waals surface area (Å²) in [6.45, 7) is 0.0739. The second-order valence-electron chi connectivity index (χ2n) is 7.22. The lowest BCUT2D eigenvalue weighted by Crippen LogP contribution is -2.55. The molecule has 31 heavy (non-hydrogen) atoms. The Balaban J connectivity index is 2.06. The standard InChI is InChI=1S/C20H19F6NO3S/c1-30-18(19(21,22)23,20(24,25)26)15-9-11-16(12-10-15)27(13-14-7-8-14)31(28,29)17-5-3-2-4-6-17/h2-6,9-12,14H,7-8,13H2,1H3. The van der Waals surface area contributed by atoms with E-state index in [1.54, 1.807) is 6.07 Å². The predicted molar refractivity (Wildman–Crippen MR) is 101 cm³/mol. The minimum absolute atomic E-state index is 0.0310. The molecular formula is C20H19F6NO3S. The highest BCUT2D eigenvalue weighted by Crippen LogP contribution is 2.52. The fraction of sp³-hybridized carbons (Fsp3) is 0.400. The number of anilines is 1. The molecule has 0 N–H and O–H groups in total. The summed E-state index contributed by atoms with van der Waals surface area (Å²) in [6.07, 6.45) is -10.0. The maximum atomic E-state index is 13.5. The quantitative estimate of drug-likeness (QED) is 0.522. The molecule has 0 radical (unpaired) electrons. The van der Waals surface area contributed by atoms with Crippen molar-refractivity contribution in [1.82, 2.24) is 0 Å². The van der Waals surface area contributed by atoms with Crippen LogP contribution in [0.3, 0.4) is 0 Å². The topological polar surface area (TPSA) is 46.6 Å². The Morgan fingerprint density at radius 1 is 0.903 bits per heavy atom. The summed E-state index contributed by atoms with van der Waals surface area (Å²) in [6, 6.07) is 10.5. The van der Waals surface area contributed by atoms with Crippen LogP contribution >= 0.6 is 0 Å². The number of hydrogen-bond acceptors (Lipinski definition) is 3. The molecule has 1 fully saturated rings. The first-order valence-electron chi connectivity index (χ1n) is 9.21. The van der Waals surface area contributed by atoms with E-state index in [2.05, 4.69) is 4.74 Å². The van der Waals surface area contributed by atoms with E-state index in [1.165, 1.54) is 24.3 Å². The first-order chi connectivity index (χ1) is 14.3. The van der Waals surface area contributed by atoms with Crippen molar-refractivity contribution in [3.63, 3.8) is 0 Å². The second kappa shape index (κ2) is 8.01. The molecule has 0 aromatic heterocycles. The molecule has 0 saturated heterocycles. The van der Waals surface area contributed by atoms with E-state index < -0.39 is 33.5 Å².